The molecule has 4 rings (SSSR count). The van der Waals surface area contributed by atoms with Crippen molar-refractivity contribution in [3.05, 3.63) is 36.8 Å². The summed E-state index contributed by atoms with van der Waals surface area (Å²) in [7, 11) is 0. The highest BCUT2D eigenvalue weighted by atomic mass is 16.3. The maximum absolute atomic E-state index is 9.33. The Morgan fingerprint density at radius 2 is 2.17 bits per heavy atom. The van der Waals surface area contributed by atoms with Crippen LogP contribution in [0.2, 0.25) is 0 Å². The molecule has 7 heteroatoms. The lowest BCUT2D eigenvalue weighted by atomic mass is 10.1. The van der Waals surface area contributed by atoms with Gasteiger partial charge in [-0.1, -0.05) is 6.07 Å². The molecule has 124 valence electrons. The Hall–Kier alpha value is -2.67. The third kappa shape index (κ3) is 2.67. The Morgan fingerprint density at radius 1 is 1.25 bits per heavy atom. The number of aliphatic hydroxyl groups is 1. The van der Waals surface area contributed by atoms with Crippen LogP contribution < -0.4 is 11.1 Å². The first-order valence-electron chi connectivity index (χ1n) is 8.17. The summed E-state index contributed by atoms with van der Waals surface area (Å²) in [6.45, 7) is 0.240. The van der Waals surface area contributed by atoms with Crippen LogP contribution >= 0.6 is 0 Å². The molecule has 0 spiro atoms. The fraction of sp³-hybridized carbons (Fsp3) is 0.353. The molecule has 2 atom stereocenters. The summed E-state index contributed by atoms with van der Waals surface area (Å²) in [5.74, 6) is 1.32. The second-order valence-electron chi connectivity index (χ2n) is 6.27. The molecule has 0 saturated heterocycles. The van der Waals surface area contributed by atoms with Crippen LogP contribution in [0, 0.1) is 5.92 Å². The standard InChI is InChI=1S/C17H20N6O/c18-17-20-8-13(14-9-19-15-3-1-2-6-23(14)15)16(22-17)21-12-5-4-11(7-12)10-24/h1-3,6,8-9,11-12,24H,4-5,7,10H2,(H3,18,20,21,22). The predicted octanol–water partition coefficient (Wildman–Crippen LogP) is 1.95. The molecule has 3 aromatic heterocycles. The summed E-state index contributed by atoms with van der Waals surface area (Å²) in [4.78, 5) is 13.0. The minimum atomic E-state index is 0.240. The van der Waals surface area contributed by atoms with E-state index in [9.17, 15) is 5.11 Å². The number of rotatable bonds is 4. The normalized spacial score (nSPS) is 20.5. The quantitative estimate of drug-likeness (QED) is 0.678. The van der Waals surface area contributed by atoms with Gasteiger partial charge in [-0.3, -0.25) is 4.40 Å². The van der Waals surface area contributed by atoms with E-state index >= 15 is 0 Å². The number of nitrogens with zero attached hydrogens (tertiary/aromatic N) is 4. The Kier molecular flexibility index (Phi) is 3.78. The van der Waals surface area contributed by atoms with Crippen LogP contribution in [0.25, 0.3) is 16.9 Å². The van der Waals surface area contributed by atoms with Gasteiger partial charge in [0.25, 0.3) is 0 Å². The molecule has 4 N–H and O–H groups in total. The number of aliphatic hydroxyl groups excluding tert-OH is 1. The summed E-state index contributed by atoms with van der Waals surface area (Å²) in [5.41, 5.74) is 8.46. The number of aromatic nitrogens is 4. The monoisotopic (exact) mass is 324 g/mol. The molecule has 3 aromatic rings. The molecule has 3 heterocycles. The molecule has 0 radical (unpaired) electrons. The molecule has 1 aliphatic carbocycles. The maximum atomic E-state index is 9.33. The van der Waals surface area contributed by atoms with Crippen molar-refractivity contribution in [1.82, 2.24) is 19.4 Å². The van der Waals surface area contributed by atoms with Gasteiger partial charge in [0, 0.05) is 25.0 Å². The van der Waals surface area contributed by atoms with Gasteiger partial charge in [0.15, 0.2) is 0 Å². The van der Waals surface area contributed by atoms with E-state index in [1.807, 2.05) is 35.0 Å². The van der Waals surface area contributed by atoms with E-state index in [4.69, 9.17) is 5.73 Å². The number of hydrogen-bond donors (Lipinski definition) is 3. The first kappa shape index (κ1) is 14.9. The minimum Gasteiger partial charge on any atom is -0.396 e. The topological polar surface area (TPSA) is 101 Å². The first-order valence-corrected chi connectivity index (χ1v) is 8.17. The average molecular weight is 324 g/mol. The number of pyridine rings is 1. The third-order valence-corrected chi connectivity index (χ3v) is 4.64. The summed E-state index contributed by atoms with van der Waals surface area (Å²) < 4.78 is 2.01. The molecule has 0 aliphatic heterocycles. The highest BCUT2D eigenvalue weighted by Gasteiger charge is 2.25. The fourth-order valence-electron chi connectivity index (χ4n) is 3.39. The third-order valence-electron chi connectivity index (χ3n) is 4.64. The van der Waals surface area contributed by atoms with Crippen molar-refractivity contribution in [2.45, 2.75) is 25.3 Å². The second-order valence-corrected chi connectivity index (χ2v) is 6.27. The maximum Gasteiger partial charge on any atom is 0.221 e. The van der Waals surface area contributed by atoms with Crippen LogP contribution in [-0.2, 0) is 0 Å². The Labute approximate surface area is 139 Å². The number of nitrogens with one attached hydrogen (secondary N) is 1. The fourth-order valence-corrected chi connectivity index (χ4v) is 3.39. The number of nitrogen functional groups attached to an aromatic ring is 1. The highest BCUT2D eigenvalue weighted by molar-refractivity contribution is 5.74. The lowest BCUT2D eigenvalue weighted by molar-refractivity contribution is 0.229. The molecular formula is C17H20N6O. The van der Waals surface area contributed by atoms with E-state index in [1.54, 1.807) is 6.20 Å². The van der Waals surface area contributed by atoms with E-state index in [0.29, 0.717) is 5.92 Å². The van der Waals surface area contributed by atoms with Gasteiger partial charge < -0.3 is 16.2 Å². The van der Waals surface area contributed by atoms with Crippen LogP contribution in [0.15, 0.2) is 36.8 Å². The smallest absolute Gasteiger partial charge is 0.221 e. The summed E-state index contributed by atoms with van der Waals surface area (Å²) >= 11 is 0. The van der Waals surface area contributed by atoms with Gasteiger partial charge in [0.05, 0.1) is 17.5 Å². The van der Waals surface area contributed by atoms with Crippen molar-refractivity contribution in [2.75, 3.05) is 17.7 Å². The van der Waals surface area contributed by atoms with Crippen molar-refractivity contribution in [1.29, 1.82) is 0 Å². The molecular weight excluding hydrogens is 304 g/mol. The Balaban J connectivity index is 1.71. The Bertz CT molecular complexity index is 861. The first-order chi connectivity index (χ1) is 11.7. The van der Waals surface area contributed by atoms with Crippen LogP contribution in [0.3, 0.4) is 0 Å². The molecule has 7 nitrogen and oxygen atoms in total. The summed E-state index contributed by atoms with van der Waals surface area (Å²) in [5, 5.41) is 12.8. The van der Waals surface area contributed by atoms with Crippen LogP contribution in [0.1, 0.15) is 19.3 Å². The van der Waals surface area contributed by atoms with E-state index < -0.39 is 0 Å². The van der Waals surface area contributed by atoms with Gasteiger partial charge >= 0.3 is 0 Å². The summed E-state index contributed by atoms with van der Waals surface area (Å²) in [6.07, 6.45) is 8.50. The van der Waals surface area contributed by atoms with E-state index in [2.05, 4.69) is 20.3 Å². The van der Waals surface area contributed by atoms with Gasteiger partial charge in [-0.25, -0.2) is 9.97 Å². The molecule has 24 heavy (non-hydrogen) atoms. The zero-order valence-electron chi connectivity index (χ0n) is 13.3. The van der Waals surface area contributed by atoms with Gasteiger partial charge in [-0.15, -0.1) is 0 Å². The molecule has 1 fully saturated rings. The Morgan fingerprint density at radius 3 is 3.00 bits per heavy atom. The van der Waals surface area contributed by atoms with Crippen molar-refractivity contribution < 1.29 is 5.11 Å². The number of imidazole rings is 1. The van der Waals surface area contributed by atoms with Crippen molar-refractivity contribution in [2.24, 2.45) is 5.92 Å². The van der Waals surface area contributed by atoms with Crippen LogP contribution in [0.5, 0.6) is 0 Å². The zero-order chi connectivity index (χ0) is 16.5. The molecule has 0 bridgehead atoms. The van der Waals surface area contributed by atoms with Gasteiger partial charge in [-0.2, -0.15) is 4.98 Å². The molecule has 1 aliphatic rings. The van der Waals surface area contributed by atoms with E-state index in [0.717, 1.165) is 42.0 Å². The molecule has 1 saturated carbocycles. The number of nitrogens with two attached hydrogens (primary N) is 1. The van der Waals surface area contributed by atoms with E-state index in [1.165, 1.54) is 0 Å². The SMILES string of the molecule is Nc1ncc(-c2cnc3ccccn23)c(NC2CCC(CO)C2)n1. The molecule has 0 amide bonds. The zero-order valence-corrected chi connectivity index (χ0v) is 13.3. The molecule has 2 unspecified atom stereocenters. The average Bonchev–Trinajstić information content (AvgIpc) is 3.22. The highest BCUT2D eigenvalue weighted by Crippen LogP contribution is 2.32. The van der Waals surface area contributed by atoms with Crippen molar-refractivity contribution in [3.63, 3.8) is 0 Å². The van der Waals surface area contributed by atoms with E-state index in [-0.39, 0.29) is 18.6 Å². The lowest BCUT2D eigenvalue weighted by Gasteiger charge is -2.16. The lowest BCUT2D eigenvalue weighted by Crippen LogP contribution is -2.18. The van der Waals surface area contributed by atoms with Crippen LogP contribution in [-0.4, -0.2) is 37.1 Å². The number of fused-ring (bicyclic) bond motifs is 1. The predicted molar refractivity (Wildman–Crippen MR) is 92.5 cm³/mol. The van der Waals surface area contributed by atoms with Gasteiger partial charge in [-0.05, 0) is 37.3 Å². The number of hydrogen-bond acceptors (Lipinski definition) is 6. The van der Waals surface area contributed by atoms with Gasteiger partial charge in [0.1, 0.15) is 11.5 Å². The van der Waals surface area contributed by atoms with Crippen molar-refractivity contribution >= 4 is 17.4 Å². The van der Waals surface area contributed by atoms with Crippen molar-refractivity contribution in [3.8, 4) is 11.3 Å². The molecule has 0 aromatic carbocycles. The largest absolute Gasteiger partial charge is 0.396 e. The summed E-state index contributed by atoms with van der Waals surface area (Å²) in [6, 6.07) is 6.16. The minimum absolute atomic E-state index is 0.240. The van der Waals surface area contributed by atoms with Crippen LogP contribution in [0.4, 0.5) is 11.8 Å². The number of anilines is 2. The second kappa shape index (κ2) is 6.09. The van der Waals surface area contributed by atoms with Gasteiger partial charge in [0.2, 0.25) is 5.95 Å².